The van der Waals surface area contributed by atoms with Gasteiger partial charge in [0.25, 0.3) is 0 Å². The zero-order chi connectivity index (χ0) is 14.2. The maximum Gasteiger partial charge on any atom is 0.0540 e. The van der Waals surface area contributed by atoms with Crippen LogP contribution >= 0.6 is 0 Å². The first kappa shape index (κ1) is 14.3. The van der Waals surface area contributed by atoms with Gasteiger partial charge in [-0.3, -0.25) is 0 Å². The lowest BCUT2D eigenvalue weighted by Gasteiger charge is -2.04. The van der Waals surface area contributed by atoms with E-state index >= 15 is 0 Å². The Morgan fingerprint density at radius 2 is 1.35 bits per heavy atom. The molecular weight excluding hydrogens is 248 g/mol. The molecule has 0 saturated heterocycles. The fraction of sp³-hybridized carbons (Fsp3) is 0.222. The van der Waals surface area contributed by atoms with Gasteiger partial charge in [-0.2, -0.15) is 0 Å². The summed E-state index contributed by atoms with van der Waals surface area (Å²) >= 11 is 0. The molecule has 0 unspecified atom stereocenters. The molecule has 20 heavy (non-hydrogen) atoms. The van der Waals surface area contributed by atoms with E-state index in [4.69, 9.17) is 10.2 Å². The summed E-state index contributed by atoms with van der Waals surface area (Å²) in [6, 6.07) is 16.3. The van der Waals surface area contributed by atoms with Crippen molar-refractivity contribution in [2.24, 2.45) is 0 Å². The number of aliphatic hydroxyl groups is 2. The second-order valence-corrected chi connectivity index (χ2v) is 4.52. The van der Waals surface area contributed by atoms with Crippen molar-refractivity contribution in [3.8, 4) is 23.0 Å². The second kappa shape index (κ2) is 7.49. The van der Waals surface area contributed by atoms with Crippen LogP contribution in [0.15, 0.2) is 48.5 Å². The topological polar surface area (TPSA) is 40.5 Å². The van der Waals surface area contributed by atoms with Crippen LogP contribution in [-0.4, -0.2) is 23.4 Å². The zero-order valence-corrected chi connectivity index (χ0v) is 11.3. The van der Waals surface area contributed by atoms with Crippen LogP contribution < -0.4 is 0 Å². The number of rotatable bonds is 4. The standard InChI is InChI=1S/C18H18O2/c19-13-2-1-3-15-4-8-17(9-5-15)18-10-6-16(7-11-18)12-14-20/h4-11,19-20H,2,12-14H2. The van der Waals surface area contributed by atoms with Gasteiger partial charge in [0.15, 0.2) is 0 Å². The Morgan fingerprint density at radius 1 is 0.750 bits per heavy atom. The summed E-state index contributed by atoms with van der Waals surface area (Å²) in [5, 5.41) is 17.6. The van der Waals surface area contributed by atoms with E-state index in [0.717, 1.165) is 22.3 Å². The van der Waals surface area contributed by atoms with Gasteiger partial charge in [-0.15, -0.1) is 0 Å². The molecule has 0 bridgehead atoms. The van der Waals surface area contributed by atoms with Crippen LogP contribution in [0.25, 0.3) is 11.1 Å². The van der Waals surface area contributed by atoms with E-state index in [1.165, 1.54) is 0 Å². The SMILES string of the molecule is OCCC#Cc1ccc(-c2ccc(CCO)cc2)cc1. The van der Waals surface area contributed by atoms with Crippen LogP contribution in [-0.2, 0) is 6.42 Å². The van der Waals surface area contributed by atoms with E-state index in [0.29, 0.717) is 12.8 Å². The van der Waals surface area contributed by atoms with Crippen LogP contribution in [0.5, 0.6) is 0 Å². The lowest BCUT2D eigenvalue weighted by molar-refractivity contribution is 0.299. The van der Waals surface area contributed by atoms with Gasteiger partial charge in [0.05, 0.1) is 6.61 Å². The molecule has 0 aliphatic carbocycles. The van der Waals surface area contributed by atoms with Crippen molar-refractivity contribution >= 4 is 0 Å². The van der Waals surface area contributed by atoms with Crippen molar-refractivity contribution in [2.75, 3.05) is 13.2 Å². The molecule has 2 aromatic carbocycles. The van der Waals surface area contributed by atoms with Crippen LogP contribution in [0.1, 0.15) is 17.5 Å². The van der Waals surface area contributed by atoms with E-state index in [2.05, 4.69) is 24.0 Å². The minimum Gasteiger partial charge on any atom is -0.396 e. The normalized spacial score (nSPS) is 9.90. The Morgan fingerprint density at radius 3 is 1.90 bits per heavy atom. The van der Waals surface area contributed by atoms with E-state index in [1.807, 2.05) is 36.4 Å². The van der Waals surface area contributed by atoms with Gasteiger partial charge in [0.1, 0.15) is 0 Å². The molecule has 2 rings (SSSR count). The fourth-order valence-corrected chi connectivity index (χ4v) is 1.96. The third-order valence-electron chi connectivity index (χ3n) is 3.04. The predicted molar refractivity (Wildman–Crippen MR) is 81.2 cm³/mol. The predicted octanol–water partition coefficient (Wildman–Crippen LogP) is 2.62. The molecule has 0 amide bonds. The Kier molecular flexibility index (Phi) is 5.37. The van der Waals surface area contributed by atoms with Crippen molar-refractivity contribution in [1.29, 1.82) is 0 Å². The molecule has 0 spiro atoms. The Labute approximate surface area is 119 Å². The average Bonchev–Trinajstić information content (AvgIpc) is 2.49. The summed E-state index contributed by atoms with van der Waals surface area (Å²) in [7, 11) is 0. The highest BCUT2D eigenvalue weighted by Gasteiger charge is 1.98. The molecule has 0 radical (unpaired) electrons. The molecule has 0 aliphatic rings. The summed E-state index contributed by atoms with van der Waals surface area (Å²) in [6.07, 6.45) is 1.20. The van der Waals surface area contributed by atoms with Gasteiger partial charge in [0.2, 0.25) is 0 Å². The van der Waals surface area contributed by atoms with E-state index < -0.39 is 0 Å². The minimum atomic E-state index is 0.102. The van der Waals surface area contributed by atoms with Crippen LogP contribution in [0.3, 0.4) is 0 Å². The smallest absolute Gasteiger partial charge is 0.0540 e. The molecule has 2 nitrogen and oxygen atoms in total. The lowest BCUT2D eigenvalue weighted by atomic mass is 10.0. The van der Waals surface area contributed by atoms with E-state index in [1.54, 1.807) is 0 Å². The van der Waals surface area contributed by atoms with Gasteiger partial charge in [-0.05, 0) is 35.2 Å². The number of hydrogen-bond donors (Lipinski definition) is 2. The monoisotopic (exact) mass is 266 g/mol. The Balaban J connectivity index is 2.11. The molecular formula is C18H18O2. The fourth-order valence-electron chi connectivity index (χ4n) is 1.96. The third kappa shape index (κ3) is 3.96. The number of benzene rings is 2. The van der Waals surface area contributed by atoms with E-state index in [-0.39, 0.29) is 13.2 Å². The highest BCUT2D eigenvalue weighted by atomic mass is 16.3. The molecule has 0 fully saturated rings. The van der Waals surface area contributed by atoms with Gasteiger partial charge in [-0.1, -0.05) is 48.2 Å². The first-order valence-corrected chi connectivity index (χ1v) is 6.73. The van der Waals surface area contributed by atoms with Crippen molar-refractivity contribution < 1.29 is 10.2 Å². The highest BCUT2D eigenvalue weighted by molar-refractivity contribution is 5.64. The van der Waals surface area contributed by atoms with Crippen LogP contribution in [0, 0.1) is 11.8 Å². The number of hydrogen-bond acceptors (Lipinski definition) is 2. The third-order valence-corrected chi connectivity index (χ3v) is 3.04. The first-order chi connectivity index (χ1) is 9.83. The maximum atomic E-state index is 8.90. The summed E-state index contributed by atoms with van der Waals surface area (Å²) < 4.78 is 0. The first-order valence-electron chi connectivity index (χ1n) is 6.73. The van der Waals surface area contributed by atoms with Gasteiger partial charge >= 0.3 is 0 Å². The van der Waals surface area contributed by atoms with Crippen molar-refractivity contribution in [2.45, 2.75) is 12.8 Å². The van der Waals surface area contributed by atoms with Gasteiger partial charge < -0.3 is 10.2 Å². The molecule has 0 saturated carbocycles. The van der Waals surface area contributed by atoms with E-state index in [9.17, 15) is 0 Å². The summed E-state index contributed by atoms with van der Waals surface area (Å²) in [5.74, 6) is 5.92. The molecule has 2 aromatic rings. The summed E-state index contributed by atoms with van der Waals surface area (Å²) in [4.78, 5) is 0. The molecule has 0 heterocycles. The lowest BCUT2D eigenvalue weighted by Crippen LogP contribution is -1.89. The highest BCUT2D eigenvalue weighted by Crippen LogP contribution is 2.20. The molecule has 0 aliphatic heterocycles. The van der Waals surface area contributed by atoms with Crippen molar-refractivity contribution in [1.82, 2.24) is 0 Å². The number of aliphatic hydroxyl groups excluding tert-OH is 2. The van der Waals surface area contributed by atoms with Gasteiger partial charge in [0, 0.05) is 18.6 Å². The molecule has 0 aromatic heterocycles. The second-order valence-electron chi connectivity index (χ2n) is 4.52. The Hall–Kier alpha value is -2.08. The van der Waals surface area contributed by atoms with Crippen molar-refractivity contribution in [3.05, 3.63) is 59.7 Å². The summed E-state index contributed by atoms with van der Waals surface area (Å²) in [6.45, 7) is 0.284. The molecule has 2 N–H and O–H groups in total. The average molecular weight is 266 g/mol. The van der Waals surface area contributed by atoms with Crippen LogP contribution in [0.4, 0.5) is 0 Å². The maximum absolute atomic E-state index is 8.90. The van der Waals surface area contributed by atoms with Gasteiger partial charge in [-0.25, -0.2) is 0 Å². The van der Waals surface area contributed by atoms with Crippen molar-refractivity contribution in [3.63, 3.8) is 0 Å². The molecule has 0 atom stereocenters. The quantitative estimate of drug-likeness (QED) is 0.835. The summed E-state index contributed by atoms with van der Waals surface area (Å²) in [5.41, 5.74) is 4.40. The zero-order valence-electron chi connectivity index (χ0n) is 11.3. The Bertz CT molecular complexity index is 586. The van der Waals surface area contributed by atoms with Crippen LogP contribution in [0.2, 0.25) is 0 Å². The molecule has 102 valence electrons. The largest absolute Gasteiger partial charge is 0.396 e. The minimum absolute atomic E-state index is 0.102. The molecule has 2 heteroatoms.